The Morgan fingerprint density at radius 1 is 1.19 bits per heavy atom. The van der Waals surface area contributed by atoms with Gasteiger partial charge in [-0.2, -0.15) is 0 Å². The first-order chi connectivity index (χ1) is 15.4. The van der Waals surface area contributed by atoms with E-state index in [9.17, 15) is 9.59 Å². The van der Waals surface area contributed by atoms with Gasteiger partial charge in [0.25, 0.3) is 5.56 Å². The van der Waals surface area contributed by atoms with E-state index in [1.165, 1.54) is 11.3 Å². The molecule has 0 amide bonds. The van der Waals surface area contributed by atoms with E-state index in [2.05, 4.69) is 4.99 Å². The van der Waals surface area contributed by atoms with Gasteiger partial charge in [0.05, 0.1) is 35.6 Å². The van der Waals surface area contributed by atoms with Gasteiger partial charge in [-0.3, -0.25) is 9.36 Å². The smallest absolute Gasteiger partial charge is 0.338 e. The van der Waals surface area contributed by atoms with Crippen molar-refractivity contribution in [1.29, 1.82) is 0 Å². The van der Waals surface area contributed by atoms with Gasteiger partial charge >= 0.3 is 5.97 Å². The van der Waals surface area contributed by atoms with Crippen molar-refractivity contribution < 1.29 is 14.3 Å². The zero-order chi connectivity index (χ0) is 22.8. The fraction of sp³-hybridized carbons (Fsp3) is 0.240. The molecule has 4 rings (SSSR count). The summed E-state index contributed by atoms with van der Waals surface area (Å²) >= 11 is 1.30. The van der Waals surface area contributed by atoms with Gasteiger partial charge in [-0.1, -0.05) is 53.3 Å². The van der Waals surface area contributed by atoms with Gasteiger partial charge in [0.15, 0.2) is 4.80 Å². The van der Waals surface area contributed by atoms with Gasteiger partial charge < -0.3 is 9.47 Å². The van der Waals surface area contributed by atoms with Crippen LogP contribution in [0.25, 0.3) is 6.08 Å². The quantitative estimate of drug-likeness (QED) is 0.563. The lowest BCUT2D eigenvalue weighted by Gasteiger charge is -2.24. The summed E-state index contributed by atoms with van der Waals surface area (Å²) in [6.45, 7) is 5.79. The number of aryl methyl sites for hydroxylation is 1. The Morgan fingerprint density at radius 2 is 1.94 bits per heavy atom. The first kappa shape index (κ1) is 21.8. The zero-order valence-corrected chi connectivity index (χ0v) is 19.2. The topological polar surface area (TPSA) is 69.9 Å². The van der Waals surface area contributed by atoms with E-state index in [4.69, 9.17) is 9.47 Å². The lowest BCUT2D eigenvalue weighted by atomic mass is 9.95. The molecule has 0 radical (unpaired) electrons. The molecule has 2 aromatic carbocycles. The molecule has 32 heavy (non-hydrogen) atoms. The van der Waals surface area contributed by atoms with E-state index >= 15 is 0 Å². The van der Waals surface area contributed by atoms with Crippen molar-refractivity contribution in [1.82, 2.24) is 4.57 Å². The Bertz CT molecular complexity index is 1380. The number of benzene rings is 2. The minimum Gasteiger partial charge on any atom is -0.497 e. The Labute approximate surface area is 189 Å². The number of carbonyl (C=O) groups is 1. The normalized spacial score (nSPS) is 15.9. The van der Waals surface area contributed by atoms with Crippen molar-refractivity contribution in [2.24, 2.45) is 4.99 Å². The second kappa shape index (κ2) is 8.96. The Balaban J connectivity index is 1.94. The van der Waals surface area contributed by atoms with Crippen molar-refractivity contribution in [2.45, 2.75) is 26.8 Å². The number of carbonyl (C=O) groups excluding carboxylic acids is 1. The molecule has 0 saturated carbocycles. The highest BCUT2D eigenvalue weighted by Crippen LogP contribution is 2.30. The molecule has 6 nitrogen and oxygen atoms in total. The number of allylic oxidation sites excluding steroid dienone is 1. The summed E-state index contributed by atoms with van der Waals surface area (Å²) in [4.78, 5) is 31.6. The maximum absolute atomic E-state index is 13.5. The standard InChI is InChI=1S/C25H24N2O4S/c1-5-31-24(29)21-16(3)26-25-27(22(21)18-11-9-15(2)10-12-18)23(28)20(32-25)14-17-7-6-8-19(13-17)30-4/h6-14,22H,5H2,1-4H3/b20-14-/t22-/m1/s1. The molecule has 0 unspecified atom stereocenters. The molecule has 0 N–H and O–H groups in total. The summed E-state index contributed by atoms with van der Waals surface area (Å²) in [5.74, 6) is 0.255. The van der Waals surface area contributed by atoms with E-state index in [1.54, 1.807) is 25.5 Å². The first-order valence-corrected chi connectivity index (χ1v) is 11.1. The fourth-order valence-corrected chi connectivity index (χ4v) is 4.78. The average Bonchev–Trinajstić information content (AvgIpc) is 3.08. The van der Waals surface area contributed by atoms with Crippen LogP contribution in [0, 0.1) is 6.92 Å². The number of nitrogens with zero attached hydrogens (tertiary/aromatic N) is 2. The van der Waals surface area contributed by atoms with Crippen LogP contribution >= 0.6 is 11.3 Å². The molecule has 1 aliphatic heterocycles. The third-order valence-corrected chi connectivity index (χ3v) is 6.28. The van der Waals surface area contributed by atoms with Crippen molar-refractivity contribution in [3.63, 3.8) is 0 Å². The molecule has 2 heterocycles. The zero-order valence-electron chi connectivity index (χ0n) is 18.4. The molecule has 0 saturated heterocycles. The summed E-state index contributed by atoms with van der Waals surface area (Å²) in [7, 11) is 1.61. The number of hydrogen-bond acceptors (Lipinski definition) is 6. The highest BCUT2D eigenvalue weighted by Gasteiger charge is 2.33. The number of methoxy groups -OCH3 is 1. The SMILES string of the molecule is CCOC(=O)C1=C(C)N=c2s/c(=C\c3cccc(OC)c3)c(=O)n2[C@@H]1c1ccc(C)cc1. The van der Waals surface area contributed by atoms with Crippen molar-refractivity contribution in [3.05, 3.63) is 96.2 Å². The van der Waals surface area contributed by atoms with E-state index in [-0.39, 0.29) is 12.2 Å². The van der Waals surface area contributed by atoms with Gasteiger partial charge in [-0.25, -0.2) is 9.79 Å². The number of rotatable bonds is 5. The predicted molar refractivity (Wildman–Crippen MR) is 125 cm³/mol. The van der Waals surface area contributed by atoms with Crippen LogP contribution in [-0.4, -0.2) is 24.3 Å². The lowest BCUT2D eigenvalue weighted by molar-refractivity contribution is -0.139. The molecule has 0 aliphatic carbocycles. The van der Waals surface area contributed by atoms with E-state index in [0.717, 1.165) is 16.7 Å². The number of ether oxygens (including phenoxy) is 2. The molecule has 0 fully saturated rings. The van der Waals surface area contributed by atoms with Gasteiger partial charge in [-0.15, -0.1) is 0 Å². The number of hydrogen-bond donors (Lipinski definition) is 0. The predicted octanol–water partition coefficient (Wildman–Crippen LogP) is 3.12. The van der Waals surface area contributed by atoms with Gasteiger partial charge in [0.1, 0.15) is 5.75 Å². The lowest BCUT2D eigenvalue weighted by Crippen LogP contribution is -2.39. The Hall–Kier alpha value is -3.45. The highest BCUT2D eigenvalue weighted by atomic mass is 32.1. The molecular weight excluding hydrogens is 424 g/mol. The van der Waals surface area contributed by atoms with Crippen LogP contribution in [0.15, 0.2) is 69.6 Å². The van der Waals surface area contributed by atoms with Gasteiger partial charge in [0, 0.05) is 0 Å². The monoisotopic (exact) mass is 448 g/mol. The van der Waals surface area contributed by atoms with E-state index < -0.39 is 12.0 Å². The number of aromatic nitrogens is 1. The number of esters is 1. The third kappa shape index (κ3) is 4.03. The second-order valence-electron chi connectivity index (χ2n) is 7.49. The summed E-state index contributed by atoms with van der Waals surface area (Å²) in [6.07, 6.45) is 1.82. The first-order valence-electron chi connectivity index (χ1n) is 10.3. The molecular formula is C25H24N2O4S. The molecule has 0 bridgehead atoms. The molecule has 1 aliphatic rings. The fourth-order valence-electron chi connectivity index (χ4n) is 3.74. The largest absolute Gasteiger partial charge is 0.497 e. The van der Waals surface area contributed by atoms with E-state index in [0.29, 0.717) is 26.4 Å². The van der Waals surface area contributed by atoms with Crippen LogP contribution < -0.4 is 19.6 Å². The van der Waals surface area contributed by atoms with Crippen LogP contribution in [0.3, 0.4) is 0 Å². The Morgan fingerprint density at radius 3 is 2.62 bits per heavy atom. The molecule has 1 aromatic heterocycles. The highest BCUT2D eigenvalue weighted by molar-refractivity contribution is 7.07. The summed E-state index contributed by atoms with van der Waals surface area (Å²) in [5, 5.41) is 0. The van der Waals surface area contributed by atoms with Crippen LogP contribution in [0.5, 0.6) is 5.75 Å². The second-order valence-corrected chi connectivity index (χ2v) is 8.50. The maximum Gasteiger partial charge on any atom is 0.338 e. The minimum absolute atomic E-state index is 0.198. The molecule has 0 spiro atoms. The summed E-state index contributed by atoms with van der Waals surface area (Å²) in [6, 6.07) is 14.7. The third-order valence-electron chi connectivity index (χ3n) is 5.30. The molecule has 7 heteroatoms. The van der Waals surface area contributed by atoms with Crippen molar-refractivity contribution in [3.8, 4) is 5.75 Å². The Kier molecular flexibility index (Phi) is 6.10. The van der Waals surface area contributed by atoms with Gasteiger partial charge in [0.2, 0.25) is 0 Å². The van der Waals surface area contributed by atoms with Crippen molar-refractivity contribution in [2.75, 3.05) is 13.7 Å². The van der Waals surface area contributed by atoms with Crippen LogP contribution in [-0.2, 0) is 9.53 Å². The molecule has 3 aromatic rings. The van der Waals surface area contributed by atoms with E-state index in [1.807, 2.05) is 61.5 Å². The minimum atomic E-state index is -0.599. The summed E-state index contributed by atoms with van der Waals surface area (Å²) in [5.41, 5.74) is 3.53. The van der Waals surface area contributed by atoms with Crippen molar-refractivity contribution >= 4 is 23.4 Å². The number of thiazole rings is 1. The van der Waals surface area contributed by atoms with Crippen LogP contribution in [0.1, 0.15) is 36.6 Å². The average molecular weight is 449 g/mol. The summed E-state index contributed by atoms with van der Waals surface area (Å²) < 4.78 is 12.7. The molecule has 164 valence electrons. The number of fused-ring (bicyclic) bond motifs is 1. The molecule has 1 atom stereocenters. The van der Waals surface area contributed by atoms with Gasteiger partial charge in [-0.05, 0) is 50.1 Å². The maximum atomic E-state index is 13.5. The van der Waals surface area contributed by atoms with Crippen LogP contribution in [0.4, 0.5) is 0 Å². The van der Waals surface area contributed by atoms with Crippen LogP contribution in [0.2, 0.25) is 0 Å².